The topological polar surface area (TPSA) is 98.7 Å². The molecule has 3 amide bonds. The number of hydrogen-bond donors (Lipinski definition) is 3. The highest BCUT2D eigenvalue weighted by Crippen LogP contribution is 2.29. The van der Waals surface area contributed by atoms with Gasteiger partial charge in [-0.1, -0.05) is 0 Å². The van der Waals surface area contributed by atoms with Gasteiger partial charge in [0.2, 0.25) is 5.91 Å². The van der Waals surface area contributed by atoms with Crippen molar-refractivity contribution in [2.45, 2.75) is 25.8 Å². The number of rotatable bonds is 4. The van der Waals surface area contributed by atoms with E-state index < -0.39 is 23.5 Å². The largest absolute Gasteiger partial charge is 0.480 e. The van der Waals surface area contributed by atoms with Gasteiger partial charge in [0.25, 0.3) is 0 Å². The van der Waals surface area contributed by atoms with Crippen LogP contribution in [-0.4, -0.2) is 54.1 Å². The van der Waals surface area contributed by atoms with Gasteiger partial charge in [-0.15, -0.1) is 12.3 Å². The van der Waals surface area contributed by atoms with Crippen LogP contribution in [0.5, 0.6) is 0 Å². The number of urea groups is 1. The minimum absolute atomic E-state index is 0.0817. The summed E-state index contributed by atoms with van der Waals surface area (Å²) < 4.78 is 0. The van der Waals surface area contributed by atoms with Crippen molar-refractivity contribution in [2.24, 2.45) is 5.41 Å². The van der Waals surface area contributed by atoms with Crippen LogP contribution in [0.15, 0.2) is 0 Å². The Morgan fingerprint density at radius 3 is 2.65 bits per heavy atom. The molecule has 7 heteroatoms. The number of likely N-dealkylation sites (tertiary alicyclic amines) is 1. The van der Waals surface area contributed by atoms with E-state index in [9.17, 15) is 14.4 Å². The van der Waals surface area contributed by atoms with Gasteiger partial charge < -0.3 is 20.6 Å². The molecule has 1 saturated heterocycles. The molecule has 110 valence electrons. The average molecular weight is 281 g/mol. The molecule has 20 heavy (non-hydrogen) atoms. The fourth-order valence-electron chi connectivity index (χ4n) is 2.18. The predicted molar refractivity (Wildman–Crippen MR) is 71.8 cm³/mol. The Morgan fingerprint density at radius 1 is 1.50 bits per heavy atom. The molecule has 0 aromatic rings. The van der Waals surface area contributed by atoms with Crippen molar-refractivity contribution in [3.63, 3.8) is 0 Å². The molecule has 1 rings (SSSR count). The lowest BCUT2D eigenvalue weighted by Gasteiger charge is -2.23. The first kappa shape index (κ1) is 15.8. The van der Waals surface area contributed by atoms with Gasteiger partial charge in [-0.3, -0.25) is 4.79 Å². The third-order valence-electron chi connectivity index (χ3n) is 3.45. The normalized spacial score (nSPS) is 22.8. The Kier molecular flexibility index (Phi) is 4.97. The first-order chi connectivity index (χ1) is 9.34. The fourth-order valence-corrected chi connectivity index (χ4v) is 2.18. The summed E-state index contributed by atoms with van der Waals surface area (Å²) in [4.78, 5) is 36.1. The van der Waals surface area contributed by atoms with Gasteiger partial charge in [0.05, 0.1) is 5.41 Å². The second kappa shape index (κ2) is 6.28. The monoisotopic (exact) mass is 281 g/mol. The summed E-state index contributed by atoms with van der Waals surface area (Å²) in [6, 6.07) is -1.63. The summed E-state index contributed by atoms with van der Waals surface area (Å²) in [7, 11) is 1.55. The van der Waals surface area contributed by atoms with E-state index in [1.165, 1.54) is 4.90 Å². The van der Waals surface area contributed by atoms with E-state index in [-0.39, 0.29) is 18.9 Å². The molecule has 1 aliphatic rings. The molecule has 0 spiro atoms. The molecule has 0 saturated carbocycles. The maximum absolute atomic E-state index is 12.0. The van der Waals surface area contributed by atoms with Gasteiger partial charge in [-0.25, -0.2) is 9.59 Å². The number of carbonyl (C=O) groups is 3. The summed E-state index contributed by atoms with van der Waals surface area (Å²) in [5.41, 5.74) is -0.642. The number of terminal acetylenes is 1. The smallest absolute Gasteiger partial charge is 0.327 e. The van der Waals surface area contributed by atoms with Crippen molar-refractivity contribution in [1.29, 1.82) is 0 Å². The zero-order valence-corrected chi connectivity index (χ0v) is 11.6. The Balaban J connectivity index is 2.65. The number of carboxylic acids is 1. The molecule has 0 aliphatic carbocycles. The molecule has 1 aliphatic heterocycles. The van der Waals surface area contributed by atoms with Crippen molar-refractivity contribution in [2.75, 3.05) is 20.1 Å². The van der Waals surface area contributed by atoms with Gasteiger partial charge in [-0.05, 0) is 13.3 Å². The van der Waals surface area contributed by atoms with Crippen molar-refractivity contribution in [3.05, 3.63) is 0 Å². The molecule has 1 heterocycles. The van der Waals surface area contributed by atoms with Crippen LogP contribution in [0, 0.1) is 17.8 Å². The minimum atomic E-state index is -1.18. The van der Waals surface area contributed by atoms with E-state index in [0.717, 1.165) is 0 Å². The minimum Gasteiger partial charge on any atom is -0.480 e. The van der Waals surface area contributed by atoms with Crippen molar-refractivity contribution in [1.82, 2.24) is 15.5 Å². The van der Waals surface area contributed by atoms with E-state index in [0.29, 0.717) is 13.0 Å². The fraction of sp³-hybridized carbons (Fsp3) is 0.615. The maximum atomic E-state index is 12.0. The highest BCUT2D eigenvalue weighted by Gasteiger charge is 2.42. The van der Waals surface area contributed by atoms with E-state index in [1.807, 2.05) is 0 Å². The number of carbonyl (C=O) groups excluding carboxylic acids is 2. The molecule has 0 aromatic heterocycles. The molecule has 2 atom stereocenters. The van der Waals surface area contributed by atoms with Crippen LogP contribution in [0.25, 0.3) is 0 Å². The highest BCUT2D eigenvalue weighted by molar-refractivity contribution is 5.86. The lowest BCUT2D eigenvalue weighted by Crippen LogP contribution is -2.48. The third-order valence-corrected chi connectivity index (χ3v) is 3.45. The number of hydrogen-bond acceptors (Lipinski definition) is 3. The van der Waals surface area contributed by atoms with Crippen molar-refractivity contribution in [3.8, 4) is 12.3 Å². The van der Waals surface area contributed by atoms with Gasteiger partial charge >= 0.3 is 12.0 Å². The Labute approximate surface area is 117 Å². The quantitative estimate of drug-likeness (QED) is 0.612. The number of carboxylic acid groups (broad SMARTS) is 1. The van der Waals surface area contributed by atoms with Gasteiger partial charge in [-0.2, -0.15) is 0 Å². The van der Waals surface area contributed by atoms with Crippen LogP contribution in [0.3, 0.4) is 0 Å². The Bertz CT molecular complexity index is 457. The summed E-state index contributed by atoms with van der Waals surface area (Å²) in [5.74, 6) is 0.901. The molecule has 0 aromatic carbocycles. The lowest BCUT2D eigenvalue weighted by molar-refractivity contribution is -0.139. The highest BCUT2D eigenvalue weighted by atomic mass is 16.4. The number of amides is 3. The number of aliphatic carboxylic acids is 1. The molecule has 2 unspecified atom stereocenters. The maximum Gasteiger partial charge on any atom is 0.327 e. The van der Waals surface area contributed by atoms with E-state index in [4.69, 9.17) is 11.5 Å². The standard InChI is InChI=1S/C13H19N3O4/c1-4-5-9(10(17)18)15-12(20)16-7-6-13(2,8-16)11(19)14-3/h1,9H,5-8H2,2-3H3,(H,14,19)(H,15,20)(H,17,18). The molecule has 7 nitrogen and oxygen atoms in total. The second-order valence-electron chi connectivity index (χ2n) is 5.06. The van der Waals surface area contributed by atoms with E-state index in [1.54, 1.807) is 14.0 Å². The third kappa shape index (κ3) is 3.41. The molecular formula is C13H19N3O4. The summed E-state index contributed by atoms with van der Waals surface area (Å²) in [6.45, 7) is 2.42. The average Bonchev–Trinajstić information content (AvgIpc) is 2.81. The Hall–Kier alpha value is -2.23. The van der Waals surface area contributed by atoms with E-state index in [2.05, 4.69) is 16.6 Å². The molecule has 0 radical (unpaired) electrons. The van der Waals surface area contributed by atoms with E-state index >= 15 is 0 Å². The van der Waals surface area contributed by atoms with Crippen molar-refractivity contribution >= 4 is 17.9 Å². The van der Waals surface area contributed by atoms with Crippen LogP contribution in [-0.2, 0) is 9.59 Å². The summed E-state index contributed by atoms with van der Waals surface area (Å²) >= 11 is 0. The summed E-state index contributed by atoms with van der Waals surface area (Å²) in [5, 5.41) is 13.9. The van der Waals surface area contributed by atoms with Crippen molar-refractivity contribution < 1.29 is 19.5 Å². The number of nitrogens with zero attached hydrogens (tertiary/aromatic N) is 1. The first-order valence-corrected chi connectivity index (χ1v) is 6.28. The van der Waals surface area contributed by atoms with Gasteiger partial charge in [0, 0.05) is 26.6 Å². The molecular weight excluding hydrogens is 262 g/mol. The Morgan fingerprint density at radius 2 is 2.15 bits per heavy atom. The molecule has 0 bridgehead atoms. The van der Waals surface area contributed by atoms with Gasteiger partial charge in [0.15, 0.2) is 0 Å². The van der Waals surface area contributed by atoms with Crippen LogP contribution in [0.4, 0.5) is 4.79 Å². The zero-order chi connectivity index (χ0) is 15.3. The van der Waals surface area contributed by atoms with Crippen LogP contribution >= 0.6 is 0 Å². The summed E-state index contributed by atoms with van der Waals surface area (Å²) in [6.07, 6.45) is 5.52. The predicted octanol–water partition coefficient (Wildman–Crippen LogP) is -0.369. The lowest BCUT2D eigenvalue weighted by atomic mass is 9.89. The zero-order valence-electron chi connectivity index (χ0n) is 11.6. The van der Waals surface area contributed by atoms with Crippen LogP contribution in [0.2, 0.25) is 0 Å². The van der Waals surface area contributed by atoms with Crippen LogP contribution < -0.4 is 10.6 Å². The first-order valence-electron chi connectivity index (χ1n) is 6.28. The van der Waals surface area contributed by atoms with Gasteiger partial charge in [0.1, 0.15) is 6.04 Å². The van der Waals surface area contributed by atoms with Crippen LogP contribution in [0.1, 0.15) is 19.8 Å². The second-order valence-corrected chi connectivity index (χ2v) is 5.06. The molecule has 1 fully saturated rings. The SMILES string of the molecule is C#CCC(NC(=O)N1CCC(C)(C(=O)NC)C1)C(=O)O. The number of nitrogens with one attached hydrogen (secondary N) is 2. The molecule has 3 N–H and O–H groups in total.